The number of hydrazone groups is 1. The summed E-state index contributed by atoms with van der Waals surface area (Å²) in [6, 6.07) is 0. The van der Waals surface area contributed by atoms with Crippen LogP contribution in [0.3, 0.4) is 0 Å². The molecule has 0 aromatic heterocycles. The van der Waals surface area contributed by atoms with Crippen LogP contribution in [0.2, 0.25) is 0 Å². The molecule has 0 saturated carbocycles. The predicted molar refractivity (Wildman–Crippen MR) is 62.0 cm³/mol. The highest BCUT2D eigenvalue weighted by Crippen LogP contribution is 1.97. The second-order valence-electron chi connectivity index (χ2n) is 4.34. The molecule has 0 saturated heterocycles. The van der Waals surface area contributed by atoms with Crippen LogP contribution in [0, 0.1) is 5.92 Å². The van der Waals surface area contributed by atoms with Gasteiger partial charge in [-0.05, 0) is 38.9 Å². The van der Waals surface area contributed by atoms with Gasteiger partial charge in [-0.25, -0.2) is 0 Å². The van der Waals surface area contributed by atoms with E-state index in [-0.39, 0.29) is 5.54 Å². The summed E-state index contributed by atoms with van der Waals surface area (Å²) in [6.45, 7) is 10.3. The van der Waals surface area contributed by atoms with Gasteiger partial charge in [-0.3, -0.25) is 5.43 Å². The van der Waals surface area contributed by atoms with Gasteiger partial charge in [0, 0.05) is 11.8 Å². The highest BCUT2D eigenvalue weighted by Gasteiger charge is 2.09. The summed E-state index contributed by atoms with van der Waals surface area (Å²) in [4.78, 5) is 0. The minimum atomic E-state index is -0.0164. The molecule has 0 fully saturated rings. The molecule has 0 aliphatic rings. The van der Waals surface area contributed by atoms with Crippen LogP contribution in [0.25, 0.3) is 0 Å². The average Bonchev–Trinajstić information content (AvgIpc) is 1.81. The SMILES string of the molecule is CC(C)/C=N/NC(=S)NC(C)(C)C. The fourth-order valence-electron chi connectivity index (χ4n) is 0.614. The second kappa shape index (κ2) is 5.17. The molecule has 0 aromatic rings. The minimum Gasteiger partial charge on any atom is -0.357 e. The van der Waals surface area contributed by atoms with Gasteiger partial charge in [0.1, 0.15) is 0 Å². The quantitative estimate of drug-likeness (QED) is 0.407. The van der Waals surface area contributed by atoms with Crippen LogP contribution in [0.1, 0.15) is 34.6 Å². The fraction of sp³-hybridized carbons (Fsp3) is 0.778. The topological polar surface area (TPSA) is 36.4 Å². The van der Waals surface area contributed by atoms with E-state index >= 15 is 0 Å². The largest absolute Gasteiger partial charge is 0.357 e. The number of hydrogen-bond donors (Lipinski definition) is 2. The van der Waals surface area contributed by atoms with Crippen molar-refractivity contribution >= 4 is 23.5 Å². The van der Waals surface area contributed by atoms with Crippen molar-refractivity contribution in [3.05, 3.63) is 0 Å². The molecule has 2 N–H and O–H groups in total. The van der Waals surface area contributed by atoms with Gasteiger partial charge in [-0.15, -0.1) is 0 Å². The van der Waals surface area contributed by atoms with Crippen molar-refractivity contribution < 1.29 is 0 Å². The van der Waals surface area contributed by atoms with Gasteiger partial charge in [0.05, 0.1) is 0 Å². The maximum Gasteiger partial charge on any atom is 0.187 e. The Morgan fingerprint density at radius 2 is 1.92 bits per heavy atom. The first-order valence-electron chi connectivity index (χ1n) is 4.42. The molecule has 0 aliphatic carbocycles. The lowest BCUT2D eigenvalue weighted by Crippen LogP contribution is -2.44. The van der Waals surface area contributed by atoms with Gasteiger partial charge < -0.3 is 5.32 Å². The van der Waals surface area contributed by atoms with Gasteiger partial charge in [0.2, 0.25) is 0 Å². The molecule has 0 bridgehead atoms. The van der Waals surface area contributed by atoms with Gasteiger partial charge >= 0.3 is 0 Å². The minimum absolute atomic E-state index is 0.0164. The summed E-state index contributed by atoms with van der Waals surface area (Å²) >= 11 is 5.02. The Hall–Kier alpha value is -0.640. The molecular weight excluding hydrogens is 182 g/mol. The Morgan fingerprint density at radius 1 is 1.38 bits per heavy atom. The van der Waals surface area contributed by atoms with Crippen molar-refractivity contribution in [2.75, 3.05) is 0 Å². The van der Waals surface area contributed by atoms with Crippen LogP contribution in [0.4, 0.5) is 0 Å². The van der Waals surface area contributed by atoms with E-state index < -0.39 is 0 Å². The zero-order valence-electron chi connectivity index (χ0n) is 9.01. The summed E-state index contributed by atoms with van der Waals surface area (Å²) in [7, 11) is 0. The van der Waals surface area contributed by atoms with Crippen molar-refractivity contribution in [1.82, 2.24) is 10.7 Å². The Morgan fingerprint density at radius 3 is 2.31 bits per heavy atom. The van der Waals surface area contributed by atoms with Crippen LogP contribution in [-0.2, 0) is 0 Å². The lowest BCUT2D eigenvalue weighted by atomic mass is 10.1. The first-order chi connectivity index (χ1) is 5.81. The standard InChI is InChI=1S/C9H19N3S/c1-7(2)6-10-12-8(13)11-9(3,4)5/h6-7H,1-5H3,(H2,11,12,13)/b10-6+. The van der Waals surface area contributed by atoms with Crippen molar-refractivity contribution in [3.8, 4) is 0 Å². The van der Waals surface area contributed by atoms with Crippen LogP contribution in [-0.4, -0.2) is 16.9 Å². The summed E-state index contributed by atoms with van der Waals surface area (Å²) in [5.41, 5.74) is 2.74. The zero-order chi connectivity index (χ0) is 10.5. The number of nitrogens with zero attached hydrogens (tertiary/aromatic N) is 1. The van der Waals surface area contributed by atoms with Crippen molar-refractivity contribution in [3.63, 3.8) is 0 Å². The molecule has 0 atom stereocenters. The molecule has 3 nitrogen and oxygen atoms in total. The normalized spacial score (nSPS) is 12.2. The number of thiocarbonyl (C=S) groups is 1. The molecule has 0 radical (unpaired) electrons. The molecule has 0 rings (SSSR count). The summed E-state index contributed by atoms with van der Waals surface area (Å²) in [5, 5.41) is 7.64. The highest BCUT2D eigenvalue weighted by atomic mass is 32.1. The Balaban J connectivity index is 3.77. The van der Waals surface area contributed by atoms with E-state index in [1.807, 2.05) is 27.0 Å². The van der Waals surface area contributed by atoms with Gasteiger partial charge in [0.15, 0.2) is 5.11 Å². The van der Waals surface area contributed by atoms with Crippen molar-refractivity contribution in [2.45, 2.75) is 40.2 Å². The Kier molecular flexibility index (Phi) is 4.91. The fourth-order valence-corrected chi connectivity index (χ4v) is 0.972. The highest BCUT2D eigenvalue weighted by molar-refractivity contribution is 7.80. The molecule has 0 heterocycles. The third kappa shape index (κ3) is 9.27. The van der Waals surface area contributed by atoms with E-state index in [1.165, 1.54) is 0 Å². The van der Waals surface area contributed by atoms with Crippen LogP contribution in [0.15, 0.2) is 5.10 Å². The van der Waals surface area contributed by atoms with E-state index in [2.05, 4.69) is 29.7 Å². The first kappa shape index (κ1) is 12.4. The molecule has 0 aromatic carbocycles. The van der Waals surface area contributed by atoms with E-state index in [1.54, 1.807) is 0 Å². The van der Waals surface area contributed by atoms with Crippen LogP contribution >= 0.6 is 12.2 Å². The van der Waals surface area contributed by atoms with Gasteiger partial charge in [0.25, 0.3) is 0 Å². The Labute approximate surface area is 86.0 Å². The summed E-state index contributed by atoms with van der Waals surface area (Å²) < 4.78 is 0. The lowest BCUT2D eigenvalue weighted by Gasteiger charge is -2.21. The van der Waals surface area contributed by atoms with Crippen molar-refractivity contribution in [1.29, 1.82) is 0 Å². The van der Waals surface area contributed by atoms with E-state index in [4.69, 9.17) is 12.2 Å². The average molecular weight is 201 g/mol. The third-order valence-corrected chi connectivity index (χ3v) is 1.22. The Bertz CT molecular complexity index is 192. The lowest BCUT2D eigenvalue weighted by molar-refractivity contribution is 0.508. The summed E-state index contributed by atoms with van der Waals surface area (Å²) in [6.07, 6.45) is 1.82. The van der Waals surface area contributed by atoms with E-state index in [0.717, 1.165) is 0 Å². The number of nitrogens with one attached hydrogen (secondary N) is 2. The molecule has 0 amide bonds. The molecule has 4 heteroatoms. The van der Waals surface area contributed by atoms with E-state index in [9.17, 15) is 0 Å². The second-order valence-corrected chi connectivity index (χ2v) is 4.75. The van der Waals surface area contributed by atoms with Crippen molar-refractivity contribution in [2.24, 2.45) is 11.0 Å². The summed E-state index contributed by atoms with van der Waals surface area (Å²) in [5.74, 6) is 0.435. The monoisotopic (exact) mass is 201 g/mol. The maximum absolute atomic E-state index is 5.02. The van der Waals surface area contributed by atoms with Gasteiger partial charge in [-0.1, -0.05) is 13.8 Å². The van der Waals surface area contributed by atoms with Crippen LogP contribution < -0.4 is 10.7 Å². The number of rotatable bonds is 2. The molecular formula is C9H19N3S. The first-order valence-corrected chi connectivity index (χ1v) is 4.83. The smallest absolute Gasteiger partial charge is 0.187 e. The molecule has 13 heavy (non-hydrogen) atoms. The molecule has 76 valence electrons. The third-order valence-electron chi connectivity index (χ3n) is 1.03. The number of hydrogen-bond acceptors (Lipinski definition) is 2. The molecule has 0 unspecified atom stereocenters. The van der Waals surface area contributed by atoms with E-state index in [0.29, 0.717) is 11.0 Å². The predicted octanol–water partition coefficient (Wildman–Crippen LogP) is 1.89. The van der Waals surface area contributed by atoms with Crippen LogP contribution in [0.5, 0.6) is 0 Å². The molecule has 0 spiro atoms. The van der Waals surface area contributed by atoms with Gasteiger partial charge in [-0.2, -0.15) is 5.10 Å². The molecule has 0 aliphatic heterocycles. The maximum atomic E-state index is 5.02. The zero-order valence-corrected chi connectivity index (χ0v) is 9.83.